The van der Waals surface area contributed by atoms with Crippen molar-refractivity contribution in [3.8, 4) is 0 Å². The van der Waals surface area contributed by atoms with Crippen LogP contribution in [-0.2, 0) is 0 Å². The van der Waals surface area contributed by atoms with Gasteiger partial charge in [-0.3, -0.25) is 4.79 Å². The predicted octanol–water partition coefficient (Wildman–Crippen LogP) is 2.96. The lowest BCUT2D eigenvalue weighted by Gasteiger charge is -2.19. The van der Waals surface area contributed by atoms with Crippen LogP contribution in [0.15, 0.2) is 12.1 Å². The molecule has 0 N–H and O–H groups in total. The average Bonchev–Trinajstić information content (AvgIpc) is 2.14. The van der Waals surface area contributed by atoms with Crippen LogP contribution in [0, 0.1) is 17.5 Å². The highest BCUT2D eigenvalue weighted by Crippen LogP contribution is 2.17. The molecule has 1 aromatic rings. The maximum absolute atomic E-state index is 13.3. The van der Waals surface area contributed by atoms with E-state index in [1.165, 1.54) is 11.9 Å². The van der Waals surface area contributed by atoms with Crippen LogP contribution >= 0.6 is 15.9 Å². The molecule has 1 rings (SSSR count). The quantitative estimate of drug-likeness (QED) is 0.786. The number of rotatable bonds is 3. The minimum atomic E-state index is -1.19. The smallest absolute Gasteiger partial charge is 0.259 e. The summed E-state index contributed by atoms with van der Waals surface area (Å²) in [6.07, 6.45) is 0. The summed E-state index contributed by atoms with van der Waals surface area (Å²) in [7, 11) is 1.42. The summed E-state index contributed by atoms with van der Waals surface area (Å²) in [4.78, 5) is 12.9. The standard InChI is InChI=1S/C11H11BrF3NO/c1-6(12)5-16(2)11(17)10-8(14)3-7(13)4-9(10)15/h3-4,6H,5H2,1-2H3. The number of nitrogens with zero attached hydrogens (tertiary/aromatic N) is 1. The van der Waals surface area contributed by atoms with Crippen LogP contribution in [0.3, 0.4) is 0 Å². The summed E-state index contributed by atoms with van der Waals surface area (Å²) >= 11 is 3.22. The first kappa shape index (κ1) is 14.0. The zero-order chi connectivity index (χ0) is 13.2. The molecule has 0 aliphatic heterocycles. The van der Waals surface area contributed by atoms with E-state index in [1.807, 2.05) is 0 Å². The van der Waals surface area contributed by atoms with E-state index < -0.39 is 28.9 Å². The third-order valence-electron chi connectivity index (χ3n) is 2.09. The molecule has 94 valence electrons. The lowest BCUT2D eigenvalue weighted by Crippen LogP contribution is -2.32. The Morgan fingerprint density at radius 3 is 2.24 bits per heavy atom. The summed E-state index contributed by atoms with van der Waals surface area (Å²) in [6, 6.07) is 0.976. The molecule has 1 atom stereocenters. The van der Waals surface area contributed by atoms with Crippen molar-refractivity contribution in [3.63, 3.8) is 0 Å². The molecular weight excluding hydrogens is 299 g/mol. The zero-order valence-electron chi connectivity index (χ0n) is 9.31. The fourth-order valence-corrected chi connectivity index (χ4v) is 1.83. The van der Waals surface area contributed by atoms with Crippen molar-refractivity contribution in [2.45, 2.75) is 11.8 Å². The Morgan fingerprint density at radius 2 is 1.82 bits per heavy atom. The lowest BCUT2D eigenvalue weighted by molar-refractivity contribution is 0.0787. The van der Waals surface area contributed by atoms with Gasteiger partial charge in [0.2, 0.25) is 0 Å². The minimum Gasteiger partial charge on any atom is -0.340 e. The van der Waals surface area contributed by atoms with E-state index in [0.717, 1.165) is 0 Å². The largest absolute Gasteiger partial charge is 0.340 e. The molecule has 0 aliphatic rings. The maximum Gasteiger partial charge on any atom is 0.259 e. The van der Waals surface area contributed by atoms with Gasteiger partial charge in [-0.15, -0.1) is 0 Å². The van der Waals surface area contributed by atoms with Crippen molar-refractivity contribution < 1.29 is 18.0 Å². The maximum atomic E-state index is 13.3. The molecule has 1 unspecified atom stereocenters. The Bertz CT molecular complexity index is 414. The SMILES string of the molecule is CC(Br)CN(C)C(=O)c1c(F)cc(F)cc1F. The van der Waals surface area contributed by atoms with Gasteiger partial charge in [0.1, 0.15) is 23.0 Å². The van der Waals surface area contributed by atoms with Crippen LogP contribution < -0.4 is 0 Å². The third-order valence-corrected chi connectivity index (χ3v) is 2.38. The second-order valence-electron chi connectivity index (χ2n) is 3.71. The molecule has 0 radical (unpaired) electrons. The second kappa shape index (κ2) is 5.53. The molecule has 0 aliphatic carbocycles. The highest BCUT2D eigenvalue weighted by molar-refractivity contribution is 9.09. The van der Waals surface area contributed by atoms with E-state index in [4.69, 9.17) is 0 Å². The highest BCUT2D eigenvalue weighted by atomic mass is 79.9. The fraction of sp³-hybridized carbons (Fsp3) is 0.364. The molecule has 17 heavy (non-hydrogen) atoms. The molecular formula is C11H11BrF3NO. The van der Waals surface area contributed by atoms with Gasteiger partial charge in [0.05, 0.1) is 0 Å². The van der Waals surface area contributed by atoms with Crippen LogP contribution in [0.1, 0.15) is 17.3 Å². The molecule has 0 saturated heterocycles. The Kier molecular flexibility index (Phi) is 4.56. The Labute approximate surface area is 106 Å². The number of hydrogen-bond acceptors (Lipinski definition) is 1. The number of carbonyl (C=O) groups is 1. The average molecular weight is 310 g/mol. The second-order valence-corrected chi connectivity index (χ2v) is 5.27. The molecule has 1 aromatic carbocycles. The lowest BCUT2D eigenvalue weighted by atomic mass is 10.1. The van der Waals surface area contributed by atoms with E-state index in [-0.39, 0.29) is 11.4 Å². The van der Waals surface area contributed by atoms with Gasteiger partial charge in [0.25, 0.3) is 5.91 Å². The summed E-state index contributed by atoms with van der Waals surface area (Å²) < 4.78 is 39.3. The fourth-order valence-electron chi connectivity index (χ4n) is 1.40. The minimum absolute atomic E-state index is 0.0111. The molecule has 0 spiro atoms. The van der Waals surface area contributed by atoms with Crippen LogP contribution in [0.4, 0.5) is 13.2 Å². The first-order chi connectivity index (χ1) is 7.82. The molecule has 0 aromatic heterocycles. The van der Waals surface area contributed by atoms with Crippen molar-refractivity contribution >= 4 is 21.8 Å². The van der Waals surface area contributed by atoms with E-state index in [0.29, 0.717) is 12.1 Å². The molecule has 1 amide bonds. The van der Waals surface area contributed by atoms with Crippen LogP contribution in [0.25, 0.3) is 0 Å². The molecule has 6 heteroatoms. The van der Waals surface area contributed by atoms with Gasteiger partial charge in [-0.05, 0) is 0 Å². The van der Waals surface area contributed by atoms with Crippen molar-refractivity contribution in [2.24, 2.45) is 0 Å². The van der Waals surface area contributed by atoms with Gasteiger partial charge < -0.3 is 4.90 Å². The summed E-state index contributed by atoms with van der Waals surface area (Å²) in [5.41, 5.74) is -0.734. The molecule has 0 bridgehead atoms. The zero-order valence-corrected chi connectivity index (χ0v) is 10.9. The Hall–Kier alpha value is -1.04. The number of carbonyl (C=O) groups excluding carboxylic acids is 1. The van der Waals surface area contributed by atoms with E-state index in [9.17, 15) is 18.0 Å². The van der Waals surface area contributed by atoms with Gasteiger partial charge in [0, 0.05) is 30.6 Å². The summed E-state index contributed by atoms with van der Waals surface area (Å²) in [6.45, 7) is 2.08. The molecule has 0 saturated carbocycles. The highest BCUT2D eigenvalue weighted by Gasteiger charge is 2.22. The van der Waals surface area contributed by atoms with E-state index >= 15 is 0 Å². The van der Waals surface area contributed by atoms with E-state index in [1.54, 1.807) is 6.92 Å². The molecule has 0 heterocycles. The number of hydrogen-bond donors (Lipinski definition) is 0. The molecule has 0 fully saturated rings. The predicted molar refractivity (Wildman–Crippen MR) is 61.7 cm³/mol. The van der Waals surface area contributed by atoms with Crippen molar-refractivity contribution in [2.75, 3.05) is 13.6 Å². The van der Waals surface area contributed by atoms with Crippen LogP contribution in [-0.4, -0.2) is 29.2 Å². The van der Waals surface area contributed by atoms with Gasteiger partial charge in [-0.1, -0.05) is 22.9 Å². The van der Waals surface area contributed by atoms with Crippen molar-refractivity contribution in [3.05, 3.63) is 35.1 Å². The normalized spacial score (nSPS) is 12.4. The number of benzene rings is 1. The first-order valence-electron chi connectivity index (χ1n) is 4.87. The first-order valence-corrected chi connectivity index (χ1v) is 5.78. The Balaban J connectivity index is 3.04. The van der Waals surface area contributed by atoms with Crippen molar-refractivity contribution in [1.82, 2.24) is 4.90 Å². The van der Waals surface area contributed by atoms with Gasteiger partial charge in [-0.2, -0.15) is 0 Å². The van der Waals surface area contributed by atoms with Gasteiger partial charge in [0.15, 0.2) is 0 Å². The topological polar surface area (TPSA) is 20.3 Å². The van der Waals surface area contributed by atoms with E-state index in [2.05, 4.69) is 15.9 Å². The van der Waals surface area contributed by atoms with Gasteiger partial charge in [-0.25, -0.2) is 13.2 Å². The third kappa shape index (κ3) is 3.46. The number of alkyl halides is 1. The Morgan fingerprint density at radius 1 is 1.35 bits per heavy atom. The summed E-state index contributed by atoms with van der Waals surface area (Å²) in [5, 5.41) is 0. The van der Waals surface area contributed by atoms with Crippen LogP contribution in [0.2, 0.25) is 0 Å². The molecule has 2 nitrogen and oxygen atoms in total. The number of halogens is 4. The van der Waals surface area contributed by atoms with Gasteiger partial charge >= 0.3 is 0 Å². The summed E-state index contributed by atoms with van der Waals surface area (Å²) in [5.74, 6) is -4.25. The van der Waals surface area contributed by atoms with Crippen molar-refractivity contribution in [1.29, 1.82) is 0 Å². The monoisotopic (exact) mass is 309 g/mol. The van der Waals surface area contributed by atoms with Crippen LogP contribution in [0.5, 0.6) is 0 Å². The number of amides is 1.